The molecule has 2 nitrogen and oxygen atoms in total. The number of rotatable bonds is 2. The Kier molecular flexibility index (Phi) is 1.92. The fraction of sp³-hybridized carbons (Fsp3) is 0.250. The van der Waals surface area contributed by atoms with Crippen molar-refractivity contribution in [1.82, 2.24) is 0 Å². The van der Waals surface area contributed by atoms with E-state index in [4.69, 9.17) is 4.42 Å². The second kappa shape index (κ2) is 2.71. The third-order valence-corrected chi connectivity index (χ3v) is 1.33. The maximum atomic E-state index is 9.33. The van der Waals surface area contributed by atoms with Crippen molar-refractivity contribution in [2.75, 3.05) is 0 Å². The van der Waals surface area contributed by atoms with Gasteiger partial charge in [0.15, 0.2) is 0 Å². The molecule has 1 rings (SSSR count). The van der Waals surface area contributed by atoms with E-state index in [1.165, 1.54) is 12.5 Å². The second-order valence-corrected chi connectivity index (χ2v) is 2.31. The molecule has 1 atom stereocenters. The van der Waals surface area contributed by atoms with Crippen molar-refractivity contribution >= 4 is 0 Å². The molecule has 1 unspecified atom stereocenters. The van der Waals surface area contributed by atoms with Gasteiger partial charge in [0.05, 0.1) is 12.5 Å². The van der Waals surface area contributed by atoms with Crippen LogP contribution >= 0.6 is 0 Å². The van der Waals surface area contributed by atoms with Gasteiger partial charge in [-0.2, -0.15) is 0 Å². The molecule has 0 saturated heterocycles. The van der Waals surface area contributed by atoms with E-state index < -0.39 is 6.10 Å². The lowest BCUT2D eigenvalue weighted by Gasteiger charge is -2.05. The molecule has 1 aromatic heterocycles. The summed E-state index contributed by atoms with van der Waals surface area (Å²) in [7, 11) is 0. The molecule has 0 aliphatic carbocycles. The molecule has 1 heterocycles. The van der Waals surface area contributed by atoms with Gasteiger partial charge in [0.1, 0.15) is 6.10 Å². The molecule has 0 fully saturated rings. The van der Waals surface area contributed by atoms with Gasteiger partial charge in [-0.15, -0.1) is 0 Å². The maximum absolute atomic E-state index is 9.33. The van der Waals surface area contributed by atoms with Crippen LogP contribution in [0.25, 0.3) is 0 Å². The van der Waals surface area contributed by atoms with Crippen LogP contribution in [0.15, 0.2) is 35.2 Å². The average molecular weight is 138 g/mol. The largest absolute Gasteiger partial charge is 0.472 e. The van der Waals surface area contributed by atoms with E-state index in [1.807, 2.05) is 0 Å². The molecule has 10 heavy (non-hydrogen) atoms. The lowest BCUT2D eigenvalue weighted by atomic mass is 10.1. The monoisotopic (exact) mass is 138 g/mol. The second-order valence-electron chi connectivity index (χ2n) is 2.31. The molecule has 0 radical (unpaired) electrons. The average Bonchev–Trinajstić information content (AvgIpc) is 2.36. The zero-order valence-corrected chi connectivity index (χ0v) is 5.87. The summed E-state index contributed by atoms with van der Waals surface area (Å²) >= 11 is 0. The first-order chi connectivity index (χ1) is 4.72. The molecule has 54 valence electrons. The highest BCUT2D eigenvalue weighted by molar-refractivity contribution is 5.18. The van der Waals surface area contributed by atoms with Gasteiger partial charge >= 0.3 is 0 Å². The van der Waals surface area contributed by atoms with Crippen LogP contribution in [0.3, 0.4) is 0 Å². The Morgan fingerprint density at radius 2 is 2.50 bits per heavy atom. The molecule has 0 spiro atoms. The van der Waals surface area contributed by atoms with Crippen LogP contribution in [0.4, 0.5) is 0 Å². The lowest BCUT2D eigenvalue weighted by Crippen LogP contribution is -1.94. The van der Waals surface area contributed by atoms with Gasteiger partial charge in [-0.3, -0.25) is 0 Å². The molecular formula is C8H10O2. The molecule has 0 saturated carbocycles. The van der Waals surface area contributed by atoms with E-state index in [9.17, 15) is 5.11 Å². The Morgan fingerprint density at radius 1 is 1.80 bits per heavy atom. The Balaban J connectivity index is 2.77. The van der Waals surface area contributed by atoms with E-state index in [2.05, 4.69) is 6.58 Å². The van der Waals surface area contributed by atoms with Gasteiger partial charge in [0, 0.05) is 5.56 Å². The van der Waals surface area contributed by atoms with E-state index in [0.29, 0.717) is 0 Å². The maximum Gasteiger partial charge on any atom is 0.103 e. The molecule has 0 aliphatic rings. The topological polar surface area (TPSA) is 33.4 Å². The SMILES string of the molecule is C=C(C)C(O)c1ccoc1. The minimum Gasteiger partial charge on any atom is -0.472 e. The number of hydrogen-bond donors (Lipinski definition) is 1. The molecule has 2 heteroatoms. The van der Waals surface area contributed by atoms with Gasteiger partial charge in [-0.25, -0.2) is 0 Å². The summed E-state index contributed by atoms with van der Waals surface area (Å²) < 4.78 is 4.78. The quantitative estimate of drug-likeness (QED) is 0.633. The van der Waals surface area contributed by atoms with Crippen LogP contribution in [0.5, 0.6) is 0 Å². The Morgan fingerprint density at radius 3 is 2.90 bits per heavy atom. The number of hydrogen-bond acceptors (Lipinski definition) is 2. The third-order valence-electron chi connectivity index (χ3n) is 1.33. The zero-order valence-electron chi connectivity index (χ0n) is 5.87. The van der Waals surface area contributed by atoms with Crippen molar-refractivity contribution in [2.45, 2.75) is 13.0 Å². The molecule has 0 amide bonds. The number of aliphatic hydroxyl groups excluding tert-OH is 1. The minimum atomic E-state index is -0.584. The summed E-state index contributed by atoms with van der Waals surface area (Å²) in [5.74, 6) is 0. The smallest absolute Gasteiger partial charge is 0.103 e. The van der Waals surface area contributed by atoms with Crippen molar-refractivity contribution in [3.8, 4) is 0 Å². The van der Waals surface area contributed by atoms with Crippen LogP contribution in [0.2, 0.25) is 0 Å². The summed E-state index contributed by atoms with van der Waals surface area (Å²) in [5.41, 5.74) is 1.48. The Labute approximate surface area is 59.8 Å². The van der Waals surface area contributed by atoms with Crippen molar-refractivity contribution in [3.63, 3.8) is 0 Å². The highest BCUT2D eigenvalue weighted by Crippen LogP contribution is 2.19. The predicted octanol–water partition coefficient (Wildman–Crippen LogP) is 1.89. The minimum absolute atomic E-state index is 0.584. The van der Waals surface area contributed by atoms with Crippen LogP contribution in [0, 0.1) is 0 Å². The van der Waals surface area contributed by atoms with E-state index >= 15 is 0 Å². The van der Waals surface area contributed by atoms with Crippen LogP contribution in [0.1, 0.15) is 18.6 Å². The highest BCUT2D eigenvalue weighted by atomic mass is 16.3. The summed E-state index contributed by atoms with van der Waals surface area (Å²) in [6, 6.07) is 1.72. The fourth-order valence-electron chi connectivity index (χ4n) is 0.715. The summed E-state index contributed by atoms with van der Waals surface area (Å²) in [6.07, 6.45) is 2.46. The summed E-state index contributed by atoms with van der Waals surface area (Å²) in [6.45, 7) is 5.39. The molecular weight excluding hydrogens is 128 g/mol. The molecule has 0 aromatic carbocycles. The van der Waals surface area contributed by atoms with E-state index in [1.54, 1.807) is 13.0 Å². The van der Waals surface area contributed by atoms with Gasteiger partial charge in [-0.1, -0.05) is 6.58 Å². The van der Waals surface area contributed by atoms with Crippen LogP contribution in [-0.4, -0.2) is 5.11 Å². The van der Waals surface area contributed by atoms with Crippen LogP contribution < -0.4 is 0 Å². The van der Waals surface area contributed by atoms with Gasteiger partial charge in [0.25, 0.3) is 0 Å². The van der Waals surface area contributed by atoms with Gasteiger partial charge in [0.2, 0.25) is 0 Å². The number of furan rings is 1. The first kappa shape index (κ1) is 7.09. The van der Waals surface area contributed by atoms with E-state index in [0.717, 1.165) is 11.1 Å². The van der Waals surface area contributed by atoms with Gasteiger partial charge in [-0.05, 0) is 18.6 Å². The predicted molar refractivity (Wildman–Crippen MR) is 38.5 cm³/mol. The standard InChI is InChI=1S/C8H10O2/c1-6(2)8(9)7-3-4-10-5-7/h3-5,8-9H,1H2,2H3. The summed E-state index contributed by atoms with van der Waals surface area (Å²) in [4.78, 5) is 0. The summed E-state index contributed by atoms with van der Waals surface area (Å²) in [5, 5.41) is 9.33. The Bertz CT molecular complexity index is 211. The molecule has 1 N–H and O–H groups in total. The molecule has 0 bridgehead atoms. The highest BCUT2D eigenvalue weighted by Gasteiger charge is 2.07. The third kappa shape index (κ3) is 1.28. The number of aliphatic hydroxyl groups is 1. The van der Waals surface area contributed by atoms with E-state index in [-0.39, 0.29) is 0 Å². The first-order valence-electron chi connectivity index (χ1n) is 3.07. The van der Waals surface area contributed by atoms with Crippen LogP contribution in [-0.2, 0) is 0 Å². The normalized spacial score (nSPS) is 13.0. The molecule has 1 aromatic rings. The Hall–Kier alpha value is -1.02. The molecule has 0 aliphatic heterocycles. The van der Waals surface area contributed by atoms with Crippen molar-refractivity contribution in [3.05, 3.63) is 36.3 Å². The first-order valence-corrected chi connectivity index (χ1v) is 3.07. The van der Waals surface area contributed by atoms with Crippen molar-refractivity contribution in [2.24, 2.45) is 0 Å². The fourth-order valence-corrected chi connectivity index (χ4v) is 0.715. The van der Waals surface area contributed by atoms with Crippen molar-refractivity contribution in [1.29, 1.82) is 0 Å². The lowest BCUT2D eigenvalue weighted by molar-refractivity contribution is 0.215. The zero-order chi connectivity index (χ0) is 7.56. The van der Waals surface area contributed by atoms with Crippen molar-refractivity contribution < 1.29 is 9.52 Å². The van der Waals surface area contributed by atoms with Gasteiger partial charge < -0.3 is 9.52 Å².